The summed E-state index contributed by atoms with van der Waals surface area (Å²) in [5.41, 5.74) is 1.46. The first kappa shape index (κ1) is 19.8. The van der Waals surface area contributed by atoms with E-state index in [0.717, 1.165) is 17.8 Å². The molecule has 1 fully saturated rings. The van der Waals surface area contributed by atoms with Gasteiger partial charge in [-0.25, -0.2) is 8.78 Å². The van der Waals surface area contributed by atoms with Crippen LogP contribution in [-0.4, -0.2) is 49.9 Å². The molecular formula is C21H23F2N3O2. The number of nitrogens with zero attached hydrogens (tertiary/aromatic N) is 2. The van der Waals surface area contributed by atoms with Gasteiger partial charge in [-0.2, -0.15) is 0 Å². The molecule has 2 aromatic carbocycles. The number of carbonyl (C=O) groups is 2. The predicted octanol–water partition coefficient (Wildman–Crippen LogP) is 3.07. The van der Waals surface area contributed by atoms with Crippen LogP contribution < -0.4 is 10.2 Å². The van der Waals surface area contributed by atoms with E-state index in [9.17, 15) is 18.4 Å². The quantitative estimate of drug-likeness (QED) is 0.877. The molecule has 0 radical (unpaired) electrons. The number of likely N-dealkylation sites (tertiary alicyclic amines) is 1. The van der Waals surface area contributed by atoms with Crippen LogP contribution in [0.4, 0.5) is 14.5 Å². The van der Waals surface area contributed by atoms with Crippen molar-refractivity contribution in [2.75, 3.05) is 32.1 Å². The van der Waals surface area contributed by atoms with Crippen molar-refractivity contribution in [2.24, 2.45) is 0 Å². The minimum absolute atomic E-state index is 0.0526. The number of halogens is 2. The molecule has 2 amide bonds. The van der Waals surface area contributed by atoms with Crippen LogP contribution in [0.5, 0.6) is 0 Å². The molecule has 0 aromatic heterocycles. The van der Waals surface area contributed by atoms with Gasteiger partial charge in [0.2, 0.25) is 0 Å². The van der Waals surface area contributed by atoms with Gasteiger partial charge in [-0.15, -0.1) is 0 Å². The zero-order chi connectivity index (χ0) is 20.3. The molecule has 0 saturated carbocycles. The largest absolute Gasteiger partial charge is 0.378 e. The van der Waals surface area contributed by atoms with E-state index in [1.54, 1.807) is 12.1 Å². The summed E-state index contributed by atoms with van der Waals surface area (Å²) >= 11 is 0. The third-order valence-electron chi connectivity index (χ3n) is 4.92. The molecule has 148 valence electrons. The highest BCUT2D eigenvalue weighted by Crippen LogP contribution is 2.18. The Morgan fingerprint density at radius 2 is 1.68 bits per heavy atom. The fraction of sp³-hybridized carbons (Fsp3) is 0.333. The maximum absolute atomic E-state index is 13.8. The van der Waals surface area contributed by atoms with Gasteiger partial charge in [0.15, 0.2) is 0 Å². The Hall–Kier alpha value is -2.96. The first-order valence-corrected chi connectivity index (χ1v) is 9.17. The van der Waals surface area contributed by atoms with Crippen molar-refractivity contribution in [3.05, 3.63) is 65.2 Å². The molecule has 1 aliphatic heterocycles. The van der Waals surface area contributed by atoms with Gasteiger partial charge in [0.25, 0.3) is 11.8 Å². The molecule has 0 aliphatic carbocycles. The average molecular weight is 387 g/mol. The van der Waals surface area contributed by atoms with E-state index in [4.69, 9.17) is 0 Å². The molecule has 2 aromatic rings. The number of rotatable bonds is 4. The number of amides is 2. The van der Waals surface area contributed by atoms with E-state index >= 15 is 0 Å². The van der Waals surface area contributed by atoms with Crippen molar-refractivity contribution in [1.82, 2.24) is 10.2 Å². The van der Waals surface area contributed by atoms with Crippen molar-refractivity contribution in [2.45, 2.75) is 18.9 Å². The molecule has 3 rings (SSSR count). The van der Waals surface area contributed by atoms with Gasteiger partial charge < -0.3 is 15.1 Å². The standard InChI is InChI=1S/C21H23F2N3O2/c1-25(2)17-6-3-14(4-7-17)20(27)24-16-9-11-26(12-10-16)21(28)18-8-5-15(22)13-19(18)23/h3-8,13,16H,9-12H2,1-2H3,(H,24,27). The van der Waals surface area contributed by atoms with Crippen LogP contribution >= 0.6 is 0 Å². The fourth-order valence-electron chi connectivity index (χ4n) is 3.24. The molecule has 0 bridgehead atoms. The molecule has 1 aliphatic rings. The van der Waals surface area contributed by atoms with Crippen molar-refractivity contribution >= 4 is 17.5 Å². The van der Waals surface area contributed by atoms with Crippen LogP contribution in [0, 0.1) is 11.6 Å². The van der Waals surface area contributed by atoms with Crippen LogP contribution in [0.25, 0.3) is 0 Å². The Bertz CT molecular complexity index is 860. The highest BCUT2D eigenvalue weighted by atomic mass is 19.1. The third-order valence-corrected chi connectivity index (χ3v) is 4.92. The minimum atomic E-state index is -0.860. The van der Waals surface area contributed by atoms with Gasteiger partial charge in [0, 0.05) is 50.5 Å². The number of hydrogen-bond acceptors (Lipinski definition) is 3. The monoisotopic (exact) mass is 387 g/mol. The minimum Gasteiger partial charge on any atom is -0.378 e. The second kappa shape index (κ2) is 8.37. The Balaban J connectivity index is 1.55. The molecule has 28 heavy (non-hydrogen) atoms. The van der Waals surface area contributed by atoms with Crippen molar-refractivity contribution in [1.29, 1.82) is 0 Å². The van der Waals surface area contributed by atoms with Gasteiger partial charge in [-0.3, -0.25) is 9.59 Å². The van der Waals surface area contributed by atoms with Gasteiger partial charge in [0.1, 0.15) is 11.6 Å². The summed E-state index contributed by atoms with van der Waals surface area (Å²) in [6.07, 6.45) is 1.16. The van der Waals surface area contributed by atoms with Crippen molar-refractivity contribution < 1.29 is 18.4 Å². The van der Waals surface area contributed by atoms with Crippen LogP contribution in [0.2, 0.25) is 0 Å². The Morgan fingerprint density at radius 3 is 2.25 bits per heavy atom. The first-order valence-electron chi connectivity index (χ1n) is 9.17. The second-order valence-electron chi connectivity index (χ2n) is 7.11. The summed E-state index contributed by atoms with van der Waals surface area (Å²) in [5, 5.41) is 2.99. The summed E-state index contributed by atoms with van der Waals surface area (Å²) < 4.78 is 26.8. The number of nitrogens with one attached hydrogen (secondary N) is 1. The lowest BCUT2D eigenvalue weighted by molar-refractivity contribution is 0.0693. The van der Waals surface area contributed by atoms with Gasteiger partial charge >= 0.3 is 0 Å². The third kappa shape index (κ3) is 4.47. The van der Waals surface area contributed by atoms with Gasteiger partial charge in [-0.1, -0.05) is 0 Å². The smallest absolute Gasteiger partial charge is 0.256 e. The lowest BCUT2D eigenvalue weighted by atomic mass is 10.0. The highest BCUT2D eigenvalue weighted by molar-refractivity contribution is 5.95. The Kier molecular flexibility index (Phi) is 5.92. The second-order valence-corrected chi connectivity index (χ2v) is 7.11. The highest BCUT2D eigenvalue weighted by Gasteiger charge is 2.26. The molecule has 0 unspecified atom stereocenters. The maximum Gasteiger partial charge on any atom is 0.256 e. The summed E-state index contributed by atoms with van der Waals surface area (Å²) in [4.78, 5) is 28.3. The van der Waals surface area contributed by atoms with E-state index in [0.29, 0.717) is 37.6 Å². The zero-order valence-corrected chi connectivity index (χ0v) is 15.9. The predicted molar refractivity (Wildman–Crippen MR) is 104 cm³/mol. The summed E-state index contributed by atoms with van der Waals surface area (Å²) in [5.74, 6) is -2.18. The topological polar surface area (TPSA) is 52.7 Å². The molecular weight excluding hydrogens is 364 g/mol. The molecule has 1 N–H and O–H groups in total. The summed E-state index contributed by atoms with van der Waals surface area (Å²) in [6, 6.07) is 10.2. The number of benzene rings is 2. The fourth-order valence-corrected chi connectivity index (χ4v) is 3.24. The molecule has 1 saturated heterocycles. The van der Waals surface area contributed by atoms with E-state index in [1.807, 2.05) is 31.1 Å². The summed E-state index contributed by atoms with van der Waals surface area (Å²) in [7, 11) is 3.86. The SMILES string of the molecule is CN(C)c1ccc(C(=O)NC2CCN(C(=O)c3ccc(F)cc3F)CC2)cc1. The van der Waals surface area contributed by atoms with Crippen molar-refractivity contribution in [3.8, 4) is 0 Å². The van der Waals surface area contributed by atoms with Crippen LogP contribution in [0.15, 0.2) is 42.5 Å². The normalized spacial score (nSPS) is 14.6. The Labute approximate surface area is 162 Å². The van der Waals surface area contributed by atoms with E-state index in [-0.39, 0.29) is 17.5 Å². The lowest BCUT2D eigenvalue weighted by Gasteiger charge is -2.32. The number of piperidine rings is 1. The number of anilines is 1. The molecule has 5 nitrogen and oxygen atoms in total. The van der Waals surface area contributed by atoms with Gasteiger partial charge in [0.05, 0.1) is 5.56 Å². The maximum atomic E-state index is 13.8. The number of carbonyl (C=O) groups excluding carboxylic acids is 2. The first-order chi connectivity index (χ1) is 13.3. The molecule has 7 heteroatoms. The average Bonchev–Trinajstić information content (AvgIpc) is 2.68. The van der Waals surface area contributed by atoms with E-state index in [2.05, 4.69) is 5.32 Å². The van der Waals surface area contributed by atoms with E-state index in [1.165, 1.54) is 4.90 Å². The van der Waals surface area contributed by atoms with Gasteiger partial charge in [-0.05, 0) is 49.2 Å². The van der Waals surface area contributed by atoms with Crippen LogP contribution in [-0.2, 0) is 0 Å². The Morgan fingerprint density at radius 1 is 1.04 bits per heavy atom. The molecule has 0 spiro atoms. The summed E-state index contributed by atoms with van der Waals surface area (Å²) in [6.45, 7) is 0.806. The zero-order valence-electron chi connectivity index (χ0n) is 15.9. The van der Waals surface area contributed by atoms with Crippen molar-refractivity contribution in [3.63, 3.8) is 0 Å². The molecule has 1 heterocycles. The lowest BCUT2D eigenvalue weighted by Crippen LogP contribution is -2.46. The van der Waals surface area contributed by atoms with E-state index < -0.39 is 17.5 Å². The molecule has 0 atom stereocenters. The van der Waals surface area contributed by atoms with Crippen LogP contribution in [0.3, 0.4) is 0 Å². The number of hydrogen-bond donors (Lipinski definition) is 1. The van der Waals surface area contributed by atoms with Crippen LogP contribution in [0.1, 0.15) is 33.6 Å².